The predicted molar refractivity (Wildman–Crippen MR) is 73.3 cm³/mol. The number of carbonyl (C=O) groups is 1. The fourth-order valence-electron chi connectivity index (χ4n) is 2.68. The third kappa shape index (κ3) is 4.04. The molecule has 1 N–H and O–H groups in total. The molecule has 1 aromatic carbocycles. The van der Waals surface area contributed by atoms with Crippen LogP contribution in [0.1, 0.15) is 28.8 Å². The quantitative estimate of drug-likeness (QED) is 0.885. The van der Waals surface area contributed by atoms with Crippen LogP contribution in [0, 0.1) is 5.92 Å². The van der Waals surface area contributed by atoms with Crippen molar-refractivity contribution in [1.82, 2.24) is 4.90 Å². The lowest BCUT2D eigenvalue weighted by Gasteiger charge is -2.32. The topological polar surface area (TPSA) is 49.8 Å². The van der Waals surface area contributed by atoms with Crippen LogP contribution < -0.4 is 0 Å². The van der Waals surface area contributed by atoms with E-state index < -0.39 is 5.97 Å². The first kappa shape index (κ1) is 14.0. The van der Waals surface area contributed by atoms with E-state index in [0.29, 0.717) is 11.5 Å². The first-order chi connectivity index (χ1) is 9.19. The molecule has 1 saturated heterocycles. The number of rotatable bonds is 5. The fraction of sp³-hybridized carbons (Fsp3) is 0.533. The smallest absolute Gasteiger partial charge is 0.335 e. The fourth-order valence-corrected chi connectivity index (χ4v) is 2.68. The van der Waals surface area contributed by atoms with Gasteiger partial charge in [-0.25, -0.2) is 4.79 Å². The van der Waals surface area contributed by atoms with Crippen LogP contribution in [0.5, 0.6) is 0 Å². The molecule has 2 rings (SSSR count). The van der Waals surface area contributed by atoms with E-state index in [4.69, 9.17) is 9.84 Å². The number of methoxy groups -OCH3 is 1. The van der Waals surface area contributed by atoms with Gasteiger partial charge < -0.3 is 9.84 Å². The number of benzene rings is 1. The summed E-state index contributed by atoms with van der Waals surface area (Å²) in [4.78, 5) is 13.2. The van der Waals surface area contributed by atoms with Crippen molar-refractivity contribution in [3.05, 3.63) is 35.4 Å². The zero-order valence-corrected chi connectivity index (χ0v) is 11.3. The van der Waals surface area contributed by atoms with E-state index in [1.807, 2.05) is 12.1 Å². The van der Waals surface area contributed by atoms with E-state index in [0.717, 1.165) is 26.2 Å². The highest BCUT2D eigenvalue weighted by atomic mass is 16.5. The number of nitrogens with zero attached hydrogens (tertiary/aromatic N) is 1. The molecule has 4 nitrogen and oxygen atoms in total. The minimum atomic E-state index is -0.871. The minimum absolute atomic E-state index is 0.347. The maximum absolute atomic E-state index is 10.8. The van der Waals surface area contributed by atoms with Gasteiger partial charge in [0.05, 0.1) is 12.2 Å². The highest BCUT2D eigenvalue weighted by Gasteiger charge is 2.19. The lowest BCUT2D eigenvalue weighted by molar-refractivity contribution is 0.0696. The van der Waals surface area contributed by atoms with Gasteiger partial charge in [-0.15, -0.1) is 0 Å². The summed E-state index contributed by atoms with van der Waals surface area (Å²) in [5.74, 6) is -0.248. The minimum Gasteiger partial charge on any atom is -0.478 e. The molecule has 0 saturated carbocycles. The third-order valence-electron chi connectivity index (χ3n) is 3.61. The van der Waals surface area contributed by atoms with Gasteiger partial charge in [0.1, 0.15) is 0 Å². The molecule has 19 heavy (non-hydrogen) atoms. The molecule has 0 amide bonds. The summed E-state index contributed by atoms with van der Waals surface area (Å²) in [6, 6.07) is 7.16. The van der Waals surface area contributed by atoms with E-state index in [9.17, 15) is 4.79 Å². The van der Waals surface area contributed by atoms with Gasteiger partial charge in [-0.1, -0.05) is 12.1 Å². The summed E-state index contributed by atoms with van der Waals surface area (Å²) < 4.78 is 5.23. The summed E-state index contributed by atoms with van der Waals surface area (Å²) in [6.07, 6.45) is 2.45. The van der Waals surface area contributed by atoms with Crippen molar-refractivity contribution in [3.8, 4) is 0 Å². The van der Waals surface area contributed by atoms with Crippen LogP contribution in [-0.4, -0.2) is 42.8 Å². The highest BCUT2D eigenvalue weighted by molar-refractivity contribution is 5.87. The highest BCUT2D eigenvalue weighted by Crippen LogP contribution is 2.19. The Balaban J connectivity index is 1.91. The molecule has 0 aromatic heterocycles. The molecule has 1 aliphatic rings. The number of aromatic carboxylic acids is 1. The number of carboxylic acid groups (broad SMARTS) is 1. The summed E-state index contributed by atoms with van der Waals surface area (Å²) in [7, 11) is 1.75. The molecule has 0 radical (unpaired) electrons. The molecule has 0 spiro atoms. The maximum Gasteiger partial charge on any atom is 0.335 e. The van der Waals surface area contributed by atoms with E-state index in [1.165, 1.54) is 18.4 Å². The molecule has 1 aromatic rings. The average Bonchev–Trinajstić information content (AvgIpc) is 2.40. The van der Waals surface area contributed by atoms with Crippen molar-refractivity contribution in [2.45, 2.75) is 19.4 Å². The van der Waals surface area contributed by atoms with Crippen molar-refractivity contribution in [2.75, 3.05) is 26.8 Å². The second-order valence-corrected chi connectivity index (χ2v) is 5.20. The van der Waals surface area contributed by atoms with Gasteiger partial charge >= 0.3 is 5.97 Å². The summed E-state index contributed by atoms with van der Waals surface area (Å²) in [5.41, 5.74) is 1.52. The first-order valence-electron chi connectivity index (χ1n) is 6.72. The zero-order valence-electron chi connectivity index (χ0n) is 11.3. The number of carboxylic acids is 1. The van der Waals surface area contributed by atoms with Gasteiger partial charge in [0.2, 0.25) is 0 Å². The predicted octanol–water partition coefficient (Wildman–Crippen LogP) is 2.24. The van der Waals surface area contributed by atoms with E-state index >= 15 is 0 Å². The number of hydrogen-bond donors (Lipinski definition) is 1. The number of piperidine rings is 1. The number of ether oxygens (including phenoxy) is 1. The zero-order chi connectivity index (χ0) is 13.7. The lowest BCUT2D eigenvalue weighted by Crippen LogP contribution is -2.36. The summed E-state index contributed by atoms with van der Waals surface area (Å²) in [5, 5.41) is 8.87. The van der Waals surface area contributed by atoms with E-state index in [1.54, 1.807) is 19.2 Å². The van der Waals surface area contributed by atoms with Crippen molar-refractivity contribution in [2.24, 2.45) is 5.92 Å². The SMILES string of the molecule is COCC1CCCN(Cc2ccc(C(=O)O)cc2)C1. The Morgan fingerprint density at radius 1 is 1.42 bits per heavy atom. The molecule has 4 heteroatoms. The maximum atomic E-state index is 10.8. The average molecular weight is 263 g/mol. The number of hydrogen-bond acceptors (Lipinski definition) is 3. The van der Waals surface area contributed by atoms with Crippen molar-refractivity contribution < 1.29 is 14.6 Å². The molecule has 1 fully saturated rings. The van der Waals surface area contributed by atoms with Gasteiger partial charge in [-0.05, 0) is 43.0 Å². The van der Waals surface area contributed by atoms with Crippen LogP contribution in [-0.2, 0) is 11.3 Å². The monoisotopic (exact) mass is 263 g/mol. The molecular weight excluding hydrogens is 242 g/mol. The molecule has 0 bridgehead atoms. The van der Waals surface area contributed by atoms with Crippen molar-refractivity contribution >= 4 is 5.97 Å². The standard InChI is InChI=1S/C15H21NO3/c1-19-11-13-3-2-8-16(10-13)9-12-4-6-14(7-5-12)15(17)18/h4-7,13H,2-3,8-11H2,1H3,(H,17,18). The van der Waals surface area contributed by atoms with Crippen LogP contribution in [0.15, 0.2) is 24.3 Å². The Hall–Kier alpha value is -1.39. The van der Waals surface area contributed by atoms with Gasteiger partial charge in [0.25, 0.3) is 0 Å². The van der Waals surface area contributed by atoms with Gasteiger partial charge in [-0.3, -0.25) is 4.90 Å². The first-order valence-corrected chi connectivity index (χ1v) is 6.72. The Morgan fingerprint density at radius 2 is 2.16 bits per heavy atom. The third-order valence-corrected chi connectivity index (χ3v) is 3.61. The Labute approximate surface area is 114 Å². The van der Waals surface area contributed by atoms with Gasteiger partial charge in [-0.2, -0.15) is 0 Å². The molecule has 1 heterocycles. The number of likely N-dealkylation sites (tertiary alicyclic amines) is 1. The van der Waals surface area contributed by atoms with Crippen LogP contribution >= 0.6 is 0 Å². The van der Waals surface area contributed by atoms with Gasteiger partial charge in [0.15, 0.2) is 0 Å². The second kappa shape index (κ2) is 6.68. The Morgan fingerprint density at radius 3 is 2.79 bits per heavy atom. The lowest BCUT2D eigenvalue weighted by atomic mass is 9.98. The van der Waals surface area contributed by atoms with Gasteiger partial charge in [0, 0.05) is 20.2 Å². The molecule has 1 unspecified atom stereocenters. The Kier molecular flexibility index (Phi) is 4.93. The van der Waals surface area contributed by atoms with Crippen molar-refractivity contribution in [1.29, 1.82) is 0 Å². The molecule has 104 valence electrons. The molecule has 1 atom stereocenters. The second-order valence-electron chi connectivity index (χ2n) is 5.20. The van der Waals surface area contributed by atoms with Crippen LogP contribution in [0.4, 0.5) is 0 Å². The molecule has 0 aliphatic carbocycles. The van der Waals surface area contributed by atoms with E-state index in [-0.39, 0.29) is 0 Å². The summed E-state index contributed by atoms with van der Waals surface area (Å²) >= 11 is 0. The van der Waals surface area contributed by atoms with Crippen LogP contribution in [0.25, 0.3) is 0 Å². The van der Waals surface area contributed by atoms with Crippen LogP contribution in [0.3, 0.4) is 0 Å². The Bertz CT molecular complexity index is 414. The van der Waals surface area contributed by atoms with Crippen LogP contribution in [0.2, 0.25) is 0 Å². The molecule has 1 aliphatic heterocycles. The van der Waals surface area contributed by atoms with E-state index in [2.05, 4.69) is 4.90 Å². The largest absolute Gasteiger partial charge is 0.478 e. The molecular formula is C15H21NO3. The normalized spacial score (nSPS) is 20.4. The van der Waals surface area contributed by atoms with Crippen molar-refractivity contribution in [3.63, 3.8) is 0 Å². The summed E-state index contributed by atoms with van der Waals surface area (Å²) in [6.45, 7) is 3.89.